The average Bonchev–Trinajstić information content (AvgIpc) is 3.17. The Hall–Kier alpha value is -2.62. The predicted octanol–water partition coefficient (Wildman–Crippen LogP) is 4.05. The molecule has 2 aromatic carbocycles. The van der Waals surface area contributed by atoms with E-state index in [1.807, 2.05) is 30.0 Å². The summed E-state index contributed by atoms with van der Waals surface area (Å²) in [5.41, 5.74) is 4.10. The minimum atomic E-state index is -0.180. The van der Waals surface area contributed by atoms with E-state index >= 15 is 0 Å². The lowest BCUT2D eigenvalue weighted by Gasteiger charge is -2.16. The highest BCUT2D eigenvalue weighted by Gasteiger charge is 2.20. The van der Waals surface area contributed by atoms with Gasteiger partial charge in [0.15, 0.2) is 0 Å². The molecule has 1 N–H and O–H groups in total. The Bertz CT molecular complexity index is 792. The zero-order valence-electron chi connectivity index (χ0n) is 14.8. The van der Waals surface area contributed by atoms with E-state index in [-0.39, 0.29) is 11.8 Å². The van der Waals surface area contributed by atoms with Crippen LogP contribution in [0.2, 0.25) is 0 Å². The summed E-state index contributed by atoms with van der Waals surface area (Å²) in [4.78, 5) is 27.1. The van der Waals surface area contributed by atoms with Crippen molar-refractivity contribution in [2.75, 3.05) is 18.4 Å². The van der Waals surface area contributed by atoms with Crippen molar-refractivity contribution in [3.8, 4) is 0 Å². The summed E-state index contributed by atoms with van der Waals surface area (Å²) in [6.07, 6.45) is 2.96. The Labute approximate surface area is 148 Å². The first kappa shape index (κ1) is 17.2. The molecule has 0 aliphatic carbocycles. The molecule has 1 aliphatic rings. The smallest absolute Gasteiger partial charge is 0.255 e. The topological polar surface area (TPSA) is 49.4 Å². The summed E-state index contributed by atoms with van der Waals surface area (Å²) < 4.78 is 0. The fourth-order valence-electron chi connectivity index (χ4n) is 3.28. The normalized spacial score (nSPS) is 13.8. The summed E-state index contributed by atoms with van der Waals surface area (Å²) in [5.74, 6) is -0.169. The highest BCUT2D eigenvalue weighted by molar-refractivity contribution is 6.06. The maximum Gasteiger partial charge on any atom is 0.255 e. The number of carbonyl (C=O) groups excluding carboxylic acids is 2. The predicted molar refractivity (Wildman–Crippen MR) is 100 cm³/mol. The molecule has 0 aromatic heterocycles. The van der Waals surface area contributed by atoms with Gasteiger partial charge < -0.3 is 10.2 Å². The number of amides is 2. The molecule has 4 nitrogen and oxygen atoms in total. The molecule has 1 saturated heterocycles. The number of benzene rings is 2. The first-order valence-electron chi connectivity index (χ1n) is 8.89. The van der Waals surface area contributed by atoms with Crippen molar-refractivity contribution in [1.29, 1.82) is 0 Å². The van der Waals surface area contributed by atoms with Gasteiger partial charge in [-0.25, -0.2) is 0 Å². The minimum Gasteiger partial charge on any atom is -0.339 e. The molecule has 4 heteroatoms. The molecular formula is C21H24N2O2. The fourth-order valence-corrected chi connectivity index (χ4v) is 3.28. The van der Waals surface area contributed by atoms with Gasteiger partial charge in [0.1, 0.15) is 0 Å². The Morgan fingerprint density at radius 1 is 1.04 bits per heavy atom. The van der Waals surface area contributed by atoms with Crippen LogP contribution in [0.1, 0.15) is 51.6 Å². The van der Waals surface area contributed by atoms with Crippen LogP contribution in [0.5, 0.6) is 0 Å². The molecule has 0 spiro atoms. The number of hydrogen-bond acceptors (Lipinski definition) is 2. The van der Waals surface area contributed by atoms with Gasteiger partial charge in [0.05, 0.1) is 0 Å². The molecule has 2 aromatic rings. The SMILES string of the molecule is CCc1cccc(C)c1NC(=O)c1cccc(C(=O)N2CCCC2)c1. The second-order valence-electron chi connectivity index (χ2n) is 6.50. The molecule has 0 unspecified atom stereocenters. The van der Waals surface area contributed by atoms with Crippen LogP contribution in [0, 0.1) is 6.92 Å². The number of para-hydroxylation sites is 1. The summed E-state index contributed by atoms with van der Waals surface area (Å²) in [6.45, 7) is 5.67. The van der Waals surface area contributed by atoms with Gasteiger partial charge in [-0.2, -0.15) is 0 Å². The lowest BCUT2D eigenvalue weighted by atomic mass is 10.0. The van der Waals surface area contributed by atoms with Crippen LogP contribution in [-0.4, -0.2) is 29.8 Å². The summed E-state index contributed by atoms with van der Waals surface area (Å²) >= 11 is 0. The van der Waals surface area contributed by atoms with Crippen molar-refractivity contribution in [3.05, 3.63) is 64.7 Å². The van der Waals surface area contributed by atoms with Gasteiger partial charge in [-0.15, -0.1) is 0 Å². The Morgan fingerprint density at radius 3 is 2.44 bits per heavy atom. The lowest BCUT2D eigenvalue weighted by molar-refractivity contribution is 0.0793. The maximum absolute atomic E-state index is 12.7. The molecule has 3 rings (SSSR count). The second kappa shape index (κ2) is 7.51. The molecule has 1 heterocycles. The summed E-state index contributed by atoms with van der Waals surface area (Å²) in [7, 11) is 0. The first-order valence-corrected chi connectivity index (χ1v) is 8.89. The van der Waals surface area contributed by atoms with Crippen molar-refractivity contribution in [2.24, 2.45) is 0 Å². The van der Waals surface area contributed by atoms with Gasteiger partial charge in [-0.3, -0.25) is 9.59 Å². The van der Waals surface area contributed by atoms with Crippen molar-refractivity contribution >= 4 is 17.5 Å². The molecule has 0 bridgehead atoms. The van der Waals surface area contributed by atoms with Crippen LogP contribution in [-0.2, 0) is 6.42 Å². The van der Waals surface area contributed by atoms with Crippen LogP contribution < -0.4 is 5.32 Å². The van der Waals surface area contributed by atoms with E-state index in [4.69, 9.17) is 0 Å². The van der Waals surface area contributed by atoms with E-state index in [0.717, 1.165) is 49.2 Å². The first-order chi connectivity index (χ1) is 12.1. The zero-order chi connectivity index (χ0) is 17.8. The van der Waals surface area contributed by atoms with Gasteiger partial charge in [-0.05, 0) is 55.5 Å². The van der Waals surface area contributed by atoms with Crippen LogP contribution in [0.25, 0.3) is 0 Å². The second-order valence-corrected chi connectivity index (χ2v) is 6.50. The van der Waals surface area contributed by atoms with Crippen LogP contribution in [0.4, 0.5) is 5.69 Å². The maximum atomic E-state index is 12.7. The van der Waals surface area contributed by atoms with E-state index in [1.54, 1.807) is 24.3 Å². The van der Waals surface area contributed by atoms with Crippen LogP contribution in [0.3, 0.4) is 0 Å². The number of carbonyl (C=O) groups is 2. The van der Waals surface area contributed by atoms with Crippen LogP contribution in [0.15, 0.2) is 42.5 Å². The van der Waals surface area contributed by atoms with Gasteiger partial charge in [0, 0.05) is 29.9 Å². The molecule has 1 fully saturated rings. The summed E-state index contributed by atoms with van der Waals surface area (Å²) in [6, 6.07) is 13.0. The highest BCUT2D eigenvalue weighted by Crippen LogP contribution is 2.22. The number of likely N-dealkylation sites (tertiary alicyclic amines) is 1. The third kappa shape index (κ3) is 3.73. The van der Waals surface area contributed by atoms with Crippen molar-refractivity contribution in [2.45, 2.75) is 33.1 Å². The number of hydrogen-bond donors (Lipinski definition) is 1. The average molecular weight is 336 g/mol. The molecule has 0 saturated carbocycles. The highest BCUT2D eigenvalue weighted by atomic mass is 16.2. The Kier molecular flexibility index (Phi) is 5.17. The number of anilines is 1. The number of rotatable bonds is 4. The number of aryl methyl sites for hydroxylation is 2. The van der Waals surface area contributed by atoms with Gasteiger partial charge >= 0.3 is 0 Å². The molecular weight excluding hydrogens is 312 g/mol. The molecule has 1 aliphatic heterocycles. The van der Waals surface area contributed by atoms with E-state index in [0.29, 0.717) is 11.1 Å². The van der Waals surface area contributed by atoms with E-state index in [2.05, 4.69) is 12.2 Å². The zero-order valence-corrected chi connectivity index (χ0v) is 14.8. The van der Waals surface area contributed by atoms with Gasteiger partial charge in [0.2, 0.25) is 0 Å². The van der Waals surface area contributed by atoms with E-state index in [9.17, 15) is 9.59 Å². The van der Waals surface area contributed by atoms with Crippen molar-refractivity contribution in [3.63, 3.8) is 0 Å². The van der Waals surface area contributed by atoms with Gasteiger partial charge in [0.25, 0.3) is 11.8 Å². The summed E-state index contributed by atoms with van der Waals surface area (Å²) in [5, 5.41) is 3.02. The van der Waals surface area contributed by atoms with Crippen LogP contribution >= 0.6 is 0 Å². The Balaban J connectivity index is 1.81. The number of nitrogens with zero attached hydrogens (tertiary/aromatic N) is 1. The largest absolute Gasteiger partial charge is 0.339 e. The van der Waals surface area contributed by atoms with Crippen molar-refractivity contribution in [1.82, 2.24) is 4.90 Å². The van der Waals surface area contributed by atoms with Gasteiger partial charge in [-0.1, -0.05) is 31.2 Å². The minimum absolute atomic E-state index is 0.0114. The van der Waals surface area contributed by atoms with E-state index in [1.165, 1.54) is 0 Å². The quantitative estimate of drug-likeness (QED) is 0.916. The molecule has 0 atom stereocenters. The third-order valence-electron chi connectivity index (χ3n) is 4.74. The monoisotopic (exact) mass is 336 g/mol. The lowest BCUT2D eigenvalue weighted by Crippen LogP contribution is -2.27. The van der Waals surface area contributed by atoms with E-state index < -0.39 is 0 Å². The Morgan fingerprint density at radius 2 is 1.72 bits per heavy atom. The fraction of sp³-hybridized carbons (Fsp3) is 0.333. The molecule has 130 valence electrons. The standard InChI is InChI=1S/C21H24N2O2/c1-3-16-9-6-8-15(2)19(16)22-20(24)17-10-7-11-18(14-17)21(25)23-12-4-5-13-23/h6-11,14H,3-5,12-13H2,1-2H3,(H,22,24). The van der Waals surface area contributed by atoms with Crippen molar-refractivity contribution < 1.29 is 9.59 Å². The molecule has 2 amide bonds. The molecule has 25 heavy (non-hydrogen) atoms. The molecule has 0 radical (unpaired) electrons. The third-order valence-corrected chi connectivity index (χ3v) is 4.74. The number of nitrogens with one attached hydrogen (secondary N) is 1.